The summed E-state index contributed by atoms with van der Waals surface area (Å²) in [6.07, 6.45) is 2.96. The number of carbonyl (C=O) groups is 1. The molecule has 0 saturated heterocycles. The zero-order valence-electron chi connectivity index (χ0n) is 7.31. The molecule has 1 heterocycles. The number of methoxy groups -OCH3 is 1. The van der Waals surface area contributed by atoms with E-state index in [0.29, 0.717) is 4.90 Å². The number of carbonyl (C=O) groups excluding carboxylic acids is 1. The van der Waals surface area contributed by atoms with Gasteiger partial charge in [-0.25, -0.2) is 9.78 Å². The normalized spacial score (nSPS) is 12.2. The lowest BCUT2D eigenvalue weighted by Crippen LogP contribution is -2.05. The Morgan fingerprint density at radius 1 is 1.62 bits per heavy atom. The van der Waals surface area contributed by atoms with Crippen LogP contribution in [-0.4, -0.2) is 28.9 Å². The first kappa shape index (κ1) is 10.0. The summed E-state index contributed by atoms with van der Waals surface area (Å²) >= 11 is -1.07. The largest absolute Gasteiger partial charge is 0.612 e. The molecule has 5 heteroatoms. The maximum absolute atomic E-state index is 11.0. The van der Waals surface area contributed by atoms with Gasteiger partial charge in [-0.05, 0) is 23.3 Å². The highest BCUT2D eigenvalue weighted by atomic mass is 32.2. The monoisotopic (exact) mass is 199 g/mol. The lowest BCUT2D eigenvalue weighted by molar-refractivity contribution is 0.0594. The smallest absolute Gasteiger partial charge is 0.356 e. The molecule has 0 aliphatic heterocycles. The van der Waals surface area contributed by atoms with Crippen LogP contribution in [0.1, 0.15) is 10.5 Å². The molecule has 0 aromatic carbocycles. The van der Waals surface area contributed by atoms with Gasteiger partial charge in [0.2, 0.25) is 0 Å². The van der Waals surface area contributed by atoms with Crippen molar-refractivity contribution < 1.29 is 14.1 Å². The molecule has 1 aromatic heterocycles. The summed E-state index contributed by atoms with van der Waals surface area (Å²) in [6.45, 7) is 0. The summed E-state index contributed by atoms with van der Waals surface area (Å²) in [7, 11) is 1.29. The molecule has 1 rings (SSSR count). The molecular weight excluding hydrogens is 190 g/mol. The highest BCUT2D eigenvalue weighted by molar-refractivity contribution is 7.90. The van der Waals surface area contributed by atoms with Gasteiger partial charge < -0.3 is 9.29 Å². The summed E-state index contributed by atoms with van der Waals surface area (Å²) in [6, 6.07) is 3.08. The molecule has 0 aliphatic carbocycles. The van der Waals surface area contributed by atoms with Gasteiger partial charge in [0.05, 0.1) is 13.3 Å². The first-order valence-corrected chi connectivity index (χ1v) is 5.08. The third kappa shape index (κ3) is 2.43. The molecule has 0 radical (unpaired) electrons. The van der Waals surface area contributed by atoms with Gasteiger partial charge in [-0.3, -0.25) is 0 Å². The van der Waals surface area contributed by atoms with Crippen molar-refractivity contribution in [3.63, 3.8) is 0 Å². The summed E-state index contributed by atoms with van der Waals surface area (Å²) in [5.74, 6) is -0.492. The van der Waals surface area contributed by atoms with Crippen LogP contribution in [0.5, 0.6) is 0 Å². The maximum Gasteiger partial charge on any atom is 0.356 e. The highest BCUT2D eigenvalue weighted by Crippen LogP contribution is 2.07. The van der Waals surface area contributed by atoms with E-state index < -0.39 is 17.1 Å². The van der Waals surface area contributed by atoms with Gasteiger partial charge in [0.15, 0.2) is 4.90 Å². The van der Waals surface area contributed by atoms with E-state index in [-0.39, 0.29) is 5.69 Å². The predicted molar refractivity (Wildman–Crippen MR) is 47.9 cm³/mol. The van der Waals surface area contributed by atoms with Crippen molar-refractivity contribution in [2.75, 3.05) is 13.4 Å². The fourth-order valence-corrected chi connectivity index (χ4v) is 1.24. The first-order chi connectivity index (χ1) is 6.15. The molecule has 0 spiro atoms. The van der Waals surface area contributed by atoms with E-state index in [1.54, 1.807) is 12.3 Å². The average molecular weight is 199 g/mol. The van der Waals surface area contributed by atoms with Gasteiger partial charge in [-0.1, -0.05) is 0 Å². The molecule has 4 nitrogen and oxygen atoms in total. The van der Waals surface area contributed by atoms with E-state index in [1.807, 2.05) is 0 Å². The second-order valence-corrected chi connectivity index (χ2v) is 3.70. The number of pyridine rings is 1. The van der Waals surface area contributed by atoms with Crippen molar-refractivity contribution in [2.24, 2.45) is 0 Å². The molecular formula is C8H9NO3S. The lowest BCUT2D eigenvalue weighted by atomic mass is 10.3. The van der Waals surface area contributed by atoms with E-state index in [1.165, 1.54) is 19.4 Å². The van der Waals surface area contributed by atoms with Crippen molar-refractivity contribution in [2.45, 2.75) is 4.90 Å². The molecule has 0 saturated carbocycles. The molecule has 1 atom stereocenters. The zero-order valence-corrected chi connectivity index (χ0v) is 8.13. The van der Waals surface area contributed by atoms with Crippen LogP contribution in [0.3, 0.4) is 0 Å². The molecule has 0 amide bonds. The minimum Gasteiger partial charge on any atom is -0.612 e. The third-order valence-electron chi connectivity index (χ3n) is 1.46. The Labute approximate surface area is 79.1 Å². The Kier molecular flexibility index (Phi) is 3.27. The van der Waals surface area contributed by atoms with Crippen molar-refractivity contribution in [3.8, 4) is 0 Å². The van der Waals surface area contributed by atoms with Crippen LogP contribution in [0.15, 0.2) is 23.2 Å². The summed E-state index contributed by atoms with van der Waals surface area (Å²) < 4.78 is 15.4. The van der Waals surface area contributed by atoms with Gasteiger partial charge in [-0.15, -0.1) is 0 Å². The lowest BCUT2D eigenvalue weighted by Gasteiger charge is -2.03. The van der Waals surface area contributed by atoms with Crippen LogP contribution in [0.2, 0.25) is 0 Å². The Morgan fingerprint density at radius 2 is 2.31 bits per heavy atom. The Morgan fingerprint density at radius 3 is 2.69 bits per heavy atom. The number of ether oxygens (including phenoxy) is 1. The number of aromatic nitrogens is 1. The van der Waals surface area contributed by atoms with Crippen molar-refractivity contribution in [1.82, 2.24) is 4.98 Å². The predicted octanol–water partition coefficient (Wildman–Crippen LogP) is 0.606. The first-order valence-electron chi connectivity index (χ1n) is 3.53. The molecule has 0 bridgehead atoms. The summed E-state index contributed by atoms with van der Waals surface area (Å²) in [4.78, 5) is 15.3. The number of esters is 1. The van der Waals surface area contributed by atoms with E-state index in [0.717, 1.165) is 0 Å². The molecule has 13 heavy (non-hydrogen) atoms. The second-order valence-electron chi connectivity index (χ2n) is 2.32. The molecule has 0 fully saturated rings. The Hall–Kier alpha value is -1.07. The van der Waals surface area contributed by atoms with E-state index in [9.17, 15) is 9.35 Å². The van der Waals surface area contributed by atoms with Gasteiger partial charge in [-0.2, -0.15) is 0 Å². The van der Waals surface area contributed by atoms with Crippen molar-refractivity contribution >= 4 is 17.1 Å². The van der Waals surface area contributed by atoms with Crippen LogP contribution in [0.4, 0.5) is 0 Å². The quantitative estimate of drug-likeness (QED) is 0.517. The van der Waals surface area contributed by atoms with E-state index in [2.05, 4.69) is 9.72 Å². The van der Waals surface area contributed by atoms with Crippen molar-refractivity contribution in [1.29, 1.82) is 0 Å². The zero-order chi connectivity index (χ0) is 9.84. The SMILES string of the molecule is COC(=O)c1ccc([S+](C)[O-])cn1. The van der Waals surface area contributed by atoms with Gasteiger partial charge in [0.25, 0.3) is 0 Å². The van der Waals surface area contributed by atoms with Crippen LogP contribution >= 0.6 is 0 Å². The molecule has 1 unspecified atom stereocenters. The van der Waals surface area contributed by atoms with E-state index >= 15 is 0 Å². The Balaban J connectivity index is 2.87. The van der Waals surface area contributed by atoms with Gasteiger partial charge in [0.1, 0.15) is 11.9 Å². The molecule has 0 N–H and O–H groups in total. The second kappa shape index (κ2) is 4.25. The topological polar surface area (TPSA) is 62.2 Å². The van der Waals surface area contributed by atoms with Gasteiger partial charge in [0, 0.05) is 0 Å². The van der Waals surface area contributed by atoms with Crippen molar-refractivity contribution in [3.05, 3.63) is 24.0 Å². The molecule has 0 aliphatic rings. The van der Waals surface area contributed by atoms with Crippen LogP contribution in [-0.2, 0) is 15.9 Å². The summed E-state index contributed by atoms with van der Waals surface area (Å²) in [5, 5.41) is 0. The molecule has 70 valence electrons. The average Bonchev–Trinajstić information content (AvgIpc) is 2.17. The number of rotatable bonds is 2. The Bertz CT molecular complexity index is 297. The fourth-order valence-electron chi connectivity index (χ4n) is 0.776. The van der Waals surface area contributed by atoms with Crippen LogP contribution in [0.25, 0.3) is 0 Å². The number of nitrogens with zero attached hydrogens (tertiary/aromatic N) is 1. The van der Waals surface area contributed by atoms with E-state index in [4.69, 9.17) is 0 Å². The number of hydrogen-bond acceptors (Lipinski definition) is 4. The van der Waals surface area contributed by atoms with Crippen LogP contribution < -0.4 is 0 Å². The maximum atomic E-state index is 11.0. The third-order valence-corrected chi connectivity index (χ3v) is 2.37. The highest BCUT2D eigenvalue weighted by Gasteiger charge is 2.09. The van der Waals surface area contributed by atoms with Crippen LogP contribution in [0, 0.1) is 0 Å². The van der Waals surface area contributed by atoms with Gasteiger partial charge >= 0.3 is 5.97 Å². The number of hydrogen-bond donors (Lipinski definition) is 0. The minimum atomic E-state index is -1.07. The molecule has 1 aromatic rings. The minimum absolute atomic E-state index is 0.219. The standard InChI is InChI=1S/C8H9NO3S/c1-12-8(10)7-4-3-6(5-9-7)13(2)11/h3-5H,1-2H3. The fraction of sp³-hybridized carbons (Fsp3) is 0.250. The summed E-state index contributed by atoms with van der Waals surface area (Å²) in [5.41, 5.74) is 0.219.